The summed E-state index contributed by atoms with van der Waals surface area (Å²) in [4.78, 5) is 22.5. The van der Waals surface area contributed by atoms with Gasteiger partial charge in [-0.25, -0.2) is 0 Å². The van der Waals surface area contributed by atoms with Crippen LogP contribution < -0.4 is 4.74 Å². The van der Waals surface area contributed by atoms with Gasteiger partial charge in [0.2, 0.25) is 5.91 Å². The Balaban J connectivity index is 1.21. The molecule has 3 fully saturated rings. The van der Waals surface area contributed by atoms with Crippen LogP contribution in [0.4, 0.5) is 0 Å². The van der Waals surface area contributed by atoms with Crippen LogP contribution >= 0.6 is 0 Å². The average Bonchev–Trinajstić information content (AvgIpc) is 3.42. The second-order valence-electron chi connectivity index (χ2n) is 8.78. The largest absolute Gasteiger partial charge is 0.497 e. The fraction of sp³-hybridized carbons (Fsp3) is 0.696. The molecule has 1 atom stereocenters. The van der Waals surface area contributed by atoms with Gasteiger partial charge in [-0.05, 0) is 63.0 Å². The summed E-state index contributed by atoms with van der Waals surface area (Å²) >= 11 is 0. The van der Waals surface area contributed by atoms with Crippen LogP contribution in [0.5, 0.6) is 5.75 Å². The third-order valence-corrected chi connectivity index (χ3v) is 6.80. The summed E-state index contributed by atoms with van der Waals surface area (Å²) in [5, 5.41) is 0. The van der Waals surface area contributed by atoms with Gasteiger partial charge in [-0.15, -0.1) is 0 Å². The van der Waals surface area contributed by atoms with E-state index in [1.165, 1.54) is 44.3 Å². The second-order valence-corrected chi connectivity index (χ2v) is 8.78. The number of rotatable bonds is 7. The molecular weight excluding hydrogens is 364 g/mol. The second kappa shape index (κ2) is 9.92. The van der Waals surface area contributed by atoms with Crippen molar-refractivity contribution in [1.29, 1.82) is 0 Å². The first-order chi connectivity index (χ1) is 14.2. The van der Waals surface area contributed by atoms with Crippen LogP contribution in [-0.4, -0.2) is 97.6 Å². The Morgan fingerprint density at radius 3 is 2.34 bits per heavy atom. The molecule has 0 aromatic heterocycles. The van der Waals surface area contributed by atoms with Gasteiger partial charge in [-0.2, -0.15) is 0 Å². The lowest BCUT2D eigenvalue weighted by Gasteiger charge is -2.36. The van der Waals surface area contributed by atoms with Gasteiger partial charge < -0.3 is 14.5 Å². The summed E-state index contributed by atoms with van der Waals surface area (Å²) in [6.07, 6.45) is 5.17. The van der Waals surface area contributed by atoms with E-state index in [2.05, 4.69) is 31.7 Å². The Kier molecular flexibility index (Phi) is 7.06. The van der Waals surface area contributed by atoms with E-state index in [0.717, 1.165) is 51.6 Å². The Morgan fingerprint density at radius 1 is 0.931 bits per heavy atom. The third-order valence-electron chi connectivity index (χ3n) is 6.80. The molecule has 0 N–H and O–H groups in total. The van der Waals surface area contributed by atoms with Gasteiger partial charge in [0, 0.05) is 45.3 Å². The number of ether oxygens (including phenoxy) is 1. The van der Waals surface area contributed by atoms with E-state index in [-0.39, 0.29) is 0 Å². The molecule has 6 nitrogen and oxygen atoms in total. The van der Waals surface area contributed by atoms with Crippen molar-refractivity contribution in [2.45, 2.75) is 38.3 Å². The van der Waals surface area contributed by atoms with Crippen molar-refractivity contribution >= 4 is 5.91 Å². The van der Waals surface area contributed by atoms with Crippen LogP contribution in [0.3, 0.4) is 0 Å². The molecule has 3 saturated heterocycles. The van der Waals surface area contributed by atoms with Crippen LogP contribution in [0.2, 0.25) is 0 Å². The summed E-state index contributed by atoms with van der Waals surface area (Å²) in [5.74, 6) is 1.22. The first-order valence-corrected chi connectivity index (χ1v) is 11.3. The number of hydrogen-bond acceptors (Lipinski definition) is 5. The van der Waals surface area contributed by atoms with Gasteiger partial charge in [-0.3, -0.25) is 14.6 Å². The SMILES string of the molecule is COc1ccc(CN2CCN(C(=O)CN3CCCC3CN3CCCC3)CC2)cc1. The van der Waals surface area contributed by atoms with Crippen molar-refractivity contribution in [2.24, 2.45) is 0 Å². The molecule has 1 unspecified atom stereocenters. The van der Waals surface area contributed by atoms with E-state index in [0.29, 0.717) is 18.5 Å². The number of piperazine rings is 1. The number of methoxy groups -OCH3 is 1. The number of carbonyl (C=O) groups is 1. The summed E-state index contributed by atoms with van der Waals surface area (Å²) in [6.45, 7) is 9.88. The van der Waals surface area contributed by atoms with Gasteiger partial charge in [0.25, 0.3) is 0 Å². The highest BCUT2D eigenvalue weighted by Crippen LogP contribution is 2.21. The number of carbonyl (C=O) groups excluding carboxylic acids is 1. The van der Waals surface area contributed by atoms with Crippen LogP contribution in [0.1, 0.15) is 31.2 Å². The Hall–Kier alpha value is -1.63. The maximum absolute atomic E-state index is 12.9. The highest BCUT2D eigenvalue weighted by Gasteiger charge is 2.30. The Labute approximate surface area is 175 Å². The van der Waals surface area contributed by atoms with Gasteiger partial charge in [0.15, 0.2) is 0 Å². The lowest BCUT2D eigenvalue weighted by Crippen LogP contribution is -2.52. The van der Waals surface area contributed by atoms with E-state index in [4.69, 9.17) is 4.74 Å². The molecule has 6 heteroatoms. The Bertz CT molecular complexity index is 651. The van der Waals surface area contributed by atoms with Gasteiger partial charge in [0.05, 0.1) is 13.7 Å². The molecule has 1 amide bonds. The Morgan fingerprint density at radius 2 is 1.66 bits per heavy atom. The first kappa shape index (κ1) is 20.6. The molecule has 160 valence electrons. The lowest BCUT2D eigenvalue weighted by molar-refractivity contribution is -0.134. The van der Waals surface area contributed by atoms with E-state index >= 15 is 0 Å². The predicted molar refractivity (Wildman–Crippen MR) is 115 cm³/mol. The molecule has 1 aromatic carbocycles. The molecule has 0 saturated carbocycles. The standard InChI is InChI=1S/C23H36N4O2/c1-29-22-8-6-20(7-9-22)17-25-13-15-26(16-14-25)23(28)19-27-12-4-5-21(27)18-24-10-2-3-11-24/h6-9,21H,2-5,10-19H2,1H3. The van der Waals surface area contributed by atoms with Gasteiger partial charge in [-0.1, -0.05) is 12.1 Å². The lowest BCUT2D eigenvalue weighted by atomic mass is 10.2. The highest BCUT2D eigenvalue weighted by atomic mass is 16.5. The fourth-order valence-electron chi connectivity index (χ4n) is 4.99. The van der Waals surface area contributed by atoms with Crippen molar-refractivity contribution < 1.29 is 9.53 Å². The molecule has 0 radical (unpaired) electrons. The van der Waals surface area contributed by atoms with E-state index in [1.54, 1.807) is 7.11 Å². The zero-order chi connectivity index (χ0) is 20.1. The molecule has 3 heterocycles. The van der Waals surface area contributed by atoms with Gasteiger partial charge >= 0.3 is 0 Å². The third kappa shape index (κ3) is 5.50. The van der Waals surface area contributed by atoms with Crippen molar-refractivity contribution in [3.63, 3.8) is 0 Å². The van der Waals surface area contributed by atoms with Crippen molar-refractivity contribution in [1.82, 2.24) is 19.6 Å². The number of nitrogens with zero attached hydrogens (tertiary/aromatic N) is 4. The van der Waals surface area contributed by atoms with Crippen LogP contribution in [0.25, 0.3) is 0 Å². The molecular formula is C23H36N4O2. The van der Waals surface area contributed by atoms with E-state index in [9.17, 15) is 4.79 Å². The summed E-state index contributed by atoms with van der Waals surface area (Å²) in [5.41, 5.74) is 1.30. The molecule has 3 aliphatic rings. The van der Waals surface area contributed by atoms with Crippen LogP contribution in [0.15, 0.2) is 24.3 Å². The zero-order valence-corrected chi connectivity index (χ0v) is 17.9. The molecule has 29 heavy (non-hydrogen) atoms. The molecule has 0 bridgehead atoms. The van der Waals surface area contributed by atoms with Crippen molar-refractivity contribution in [3.8, 4) is 5.75 Å². The zero-order valence-electron chi connectivity index (χ0n) is 17.9. The van der Waals surface area contributed by atoms with Crippen LogP contribution in [-0.2, 0) is 11.3 Å². The number of benzene rings is 1. The minimum atomic E-state index is 0.322. The number of hydrogen-bond donors (Lipinski definition) is 0. The topological polar surface area (TPSA) is 39.3 Å². The minimum Gasteiger partial charge on any atom is -0.497 e. The maximum Gasteiger partial charge on any atom is 0.236 e. The first-order valence-electron chi connectivity index (χ1n) is 11.3. The number of likely N-dealkylation sites (tertiary alicyclic amines) is 2. The highest BCUT2D eigenvalue weighted by molar-refractivity contribution is 5.78. The fourth-order valence-corrected chi connectivity index (χ4v) is 4.99. The number of amides is 1. The predicted octanol–water partition coefficient (Wildman–Crippen LogP) is 1.90. The normalized spacial score (nSPS) is 24.3. The smallest absolute Gasteiger partial charge is 0.236 e. The summed E-state index contributed by atoms with van der Waals surface area (Å²) < 4.78 is 5.23. The quantitative estimate of drug-likeness (QED) is 0.699. The van der Waals surface area contributed by atoms with E-state index in [1.807, 2.05) is 12.1 Å². The average molecular weight is 401 g/mol. The summed E-state index contributed by atoms with van der Waals surface area (Å²) in [7, 11) is 1.70. The molecule has 4 rings (SSSR count). The van der Waals surface area contributed by atoms with E-state index < -0.39 is 0 Å². The van der Waals surface area contributed by atoms with Crippen molar-refractivity contribution in [2.75, 3.05) is 66.0 Å². The monoisotopic (exact) mass is 400 g/mol. The van der Waals surface area contributed by atoms with Crippen LogP contribution in [0, 0.1) is 0 Å². The molecule has 1 aromatic rings. The van der Waals surface area contributed by atoms with Gasteiger partial charge in [0.1, 0.15) is 5.75 Å². The van der Waals surface area contributed by atoms with Crippen molar-refractivity contribution in [3.05, 3.63) is 29.8 Å². The molecule has 0 spiro atoms. The summed E-state index contributed by atoms with van der Waals surface area (Å²) in [6, 6.07) is 8.87. The molecule has 3 aliphatic heterocycles. The minimum absolute atomic E-state index is 0.322. The maximum atomic E-state index is 12.9. The molecule has 0 aliphatic carbocycles.